The topological polar surface area (TPSA) is 87.7 Å². The molecule has 0 aliphatic carbocycles. The van der Waals surface area contributed by atoms with E-state index in [0.717, 1.165) is 31.8 Å². The highest BCUT2D eigenvalue weighted by molar-refractivity contribution is 7.93. The van der Waals surface area contributed by atoms with Crippen LogP contribution in [-0.4, -0.2) is 14.5 Å². The fourth-order valence-electron chi connectivity index (χ4n) is 3.83. The predicted molar refractivity (Wildman–Crippen MR) is 129 cm³/mol. The van der Waals surface area contributed by atoms with E-state index in [1.807, 2.05) is 0 Å². The van der Waals surface area contributed by atoms with Crippen LogP contribution in [0.4, 0.5) is 27.4 Å². The number of hydrogen-bond acceptors (Lipinski definition) is 6. The van der Waals surface area contributed by atoms with E-state index in [4.69, 9.17) is 0 Å². The monoisotopic (exact) mass is 551 g/mol. The van der Waals surface area contributed by atoms with Gasteiger partial charge in [0.25, 0.3) is 10.0 Å². The third-order valence-electron chi connectivity index (χ3n) is 5.65. The van der Waals surface area contributed by atoms with Crippen molar-refractivity contribution in [2.75, 3.05) is 4.31 Å². The molecule has 1 aromatic heterocycles. The molecule has 1 unspecified atom stereocenters. The average Bonchev–Trinajstić information content (AvgIpc) is 3.48. The molecule has 0 radical (unpaired) electrons. The van der Waals surface area contributed by atoms with Gasteiger partial charge in [-0.3, -0.25) is 9.62 Å². The minimum atomic E-state index is -4.94. The summed E-state index contributed by atoms with van der Waals surface area (Å²) >= 11 is 1.16. The fourth-order valence-corrected chi connectivity index (χ4v) is 6.54. The van der Waals surface area contributed by atoms with Crippen molar-refractivity contribution in [3.63, 3.8) is 0 Å². The van der Waals surface area contributed by atoms with Crippen LogP contribution in [0.2, 0.25) is 0 Å². The van der Waals surface area contributed by atoms with E-state index in [2.05, 4.69) is 15.6 Å². The van der Waals surface area contributed by atoms with Crippen LogP contribution in [0.1, 0.15) is 22.9 Å². The summed E-state index contributed by atoms with van der Waals surface area (Å²) in [5, 5.41) is 3.53. The molecule has 3 aromatic carbocycles. The molecule has 4 aromatic rings. The average molecular weight is 552 g/mol. The maximum absolute atomic E-state index is 13.9. The first-order valence-corrected chi connectivity index (χ1v) is 13.0. The first-order valence-electron chi connectivity index (χ1n) is 10.7. The van der Waals surface area contributed by atoms with E-state index in [9.17, 15) is 30.8 Å². The second-order valence-electron chi connectivity index (χ2n) is 8.10. The van der Waals surface area contributed by atoms with Gasteiger partial charge in [-0.25, -0.2) is 17.6 Å². The highest BCUT2D eigenvalue weighted by Crippen LogP contribution is 2.38. The molecule has 2 N–H and O–H groups in total. The molecule has 2 heterocycles. The Hall–Kier alpha value is -3.68. The van der Waals surface area contributed by atoms with Gasteiger partial charge in [-0.2, -0.15) is 13.2 Å². The van der Waals surface area contributed by atoms with Gasteiger partial charge in [-0.05, 0) is 52.9 Å². The molecule has 192 valence electrons. The number of fused-ring (bicyclic) bond motifs is 1. The quantitative estimate of drug-likeness (QED) is 0.301. The summed E-state index contributed by atoms with van der Waals surface area (Å²) in [4.78, 5) is 15.8. The van der Waals surface area contributed by atoms with E-state index >= 15 is 0 Å². The molecule has 13 heteroatoms. The number of sulfonamides is 1. The SMILES string of the molecule is O=C1NC(c2ccc(S(=O)(=O)N(Cc3ccc(F)c(C(F)(F)F)c3)c3cc4ccccc4s3)cc2)NO1. The Morgan fingerprint density at radius 2 is 1.73 bits per heavy atom. The second kappa shape index (κ2) is 9.32. The summed E-state index contributed by atoms with van der Waals surface area (Å²) in [6.45, 7) is -0.464. The Bertz CT molecular complexity index is 1550. The number of halogens is 4. The van der Waals surface area contributed by atoms with Gasteiger partial charge in [0.05, 0.1) is 17.0 Å². The van der Waals surface area contributed by atoms with Crippen LogP contribution in [0.3, 0.4) is 0 Å². The lowest BCUT2D eigenvalue weighted by Crippen LogP contribution is -2.30. The molecule has 1 fully saturated rings. The molecular weight excluding hydrogens is 534 g/mol. The number of alkyl halides is 3. The Labute approximate surface area is 212 Å². The van der Waals surface area contributed by atoms with E-state index in [1.54, 1.807) is 30.3 Å². The summed E-state index contributed by atoms with van der Waals surface area (Å²) < 4.78 is 83.1. The van der Waals surface area contributed by atoms with Crippen LogP contribution < -0.4 is 15.1 Å². The lowest BCUT2D eigenvalue weighted by Gasteiger charge is -2.24. The summed E-state index contributed by atoms with van der Waals surface area (Å²) in [5.74, 6) is -1.44. The number of carbonyl (C=O) groups excluding carboxylic acids is 1. The zero-order valence-corrected chi connectivity index (χ0v) is 20.3. The van der Waals surface area contributed by atoms with E-state index in [-0.39, 0.29) is 15.5 Å². The molecule has 1 aliphatic heterocycles. The van der Waals surface area contributed by atoms with Crippen molar-refractivity contribution in [2.24, 2.45) is 0 Å². The molecule has 1 aliphatic rings. The summed E-state index contributed by atoms with van der Waals surface area (Å²) in [6.07, 6.45) is -6.30. The molecule has 1 saturated heterocycles. The first-order chi connectivity index (χ1) is 17.5. The third kappa shape index (κ3) is 4.97. The maximum Gasteiger partial charge on any atom is 0.427 e. The Morgan fingerprint density at radius 3 is 2.38 bits per heavy atom. The van der Waals surface area contributed by atoms with E-state index < -0.39 is 46.4 Å². The lowest BCUT2D eigenvalue weighted by atomic mass is 10.1. The lowest BCUT2D eigenvalue weighted by molar-refractivity contribution is -0.140. The zero-order valence-electron chi connectivity index (χ0n) is 18.6. The van der Waals surface area contributed by atoms with Gasteiger partial charge in [0, 0.05) is 4.70 Å². The number of rotatable bonds is 6. The van der Waals surface area contributed by atoms with Crippen molar-refractivity contribution in [3.05, 3.63) is 95.3 Å². The standard InChI is InChI=1S/C24H17F4N3O4S2/c25-19-10-5-14(11-18(19)24(26,27)28)13-31(21-12-16-3-1-2-4-20(16)36-21)37(33,34)17-8-6-15(7-9-17)22-29-23(32)35-30-22/h1-12,22,30H,13H2,(H,29,32). The summed E-state index contributed by atoms with van der Waals surface area (Å²) in [5.41, 5.74) is 1.46. The zero-order chi connectivity index (χ0) is 26.4. The third-order valence-corrected chi connectivity index (χ3v) is 8.68. The molecule has 37 heavy (non-hydrogen) atoms. The van der Waals surface area contributed by atoms with Gasteiger partial charge < -0.3 is 4.84 Å². The van der Waals surface area contributed by atoms with Gasteiger partial charge in [-0.15, -0.1) is 16.8 Å². The van der Waals surface area contributed by atoms with Crippen molar-refractivity contribution >= 4 is 42.5 Å². The maximum atomic E-state index is 13.9. The normalized spacial score (nSPS) is 16.0. The molecule has 5 rings (SSSR count). The Kier molecular flexibility index (Phi) is 6.30. The fraction of sp³-hybridized carbons (Fsp3) is 0.125. The van der Waals surface area contributed by atoms with Crippen molar-refractivity contribution in [1.82, 2.24) is 10.8 Å². The van der Waals surface area contributed by atoms with Crippen molar-refractivity contribution in [2.45, 2.75) is 23.8 Å². The smallest absolute Gasteiger partial charge is 0.351 e. The molecule has 0 spiro atoms. The minimum Gasteiger partial charge on any atom is -0.351 e. The molecule has 1 atom stereocenters. The van der Waals surface area contributed by atoms with Gasteiger partial charge in [0.2, 0.25) is 0 Å². The number of amides is 1. The number of benzene rings is 3. The number of thiophene rings is 1. The second-order valence-corrected chi connectivity index (χ2v) is 11.0. The van der Waals surface area contributed by atoms with Gasteiger partial charge in [0.1, 0.15) is 17.0 Å². The first kappa shape index (κ1) is 25.0. The molecule has 1 amide bonds. The van der Waals surface area contributed by atoms with E-state index in [1.165, 1.54) is 24.3 Å². The van der Waals surface area contributed by atoms with Crippen LogP contribution in [0.25, 0.3) is 10.1 Å². The minimum absolute atomic E-state index is 0.0404. The van der Waals surface area contributed by atoms with Crippen LogP contribution in [0, 0.1) is 5.82 Å². The Morgan fingerprint density at radius 1 is 1.00 bits per heavy atom. The number of hydroxylamine groups is 1. The van der Waals surface area contributed by atoms with Gasteiger partial charge >= 0.3 is 12.3 Å². The van der Waals surface area contributed by atoms with Gasteiger partial charge in [0.15, 0.2) is 0 Å². The highest BCUT2D eigenvalue weighted by Gasteiger charge is 2.35. The van der Waals surface area contributed by atoms with Crippen molar-refractivity contribution in [3.8, 4) is 0 Å². The predicted octanol–water partition coefficient (Wildman–Crippen LogP) is 5.70. The number of anilines is 1. The van der Waals surface area contributed by atoms with Crippen LogP contribution in [0.15, 0.2) is 77.7 Å². The molecule has 0 bridgehead atoms. The number of nitrogens with zero attached hydrogens (tertiary/aromatic N) is 1. The number of carbonyl (C=O) groups is 1. The van der Waals surface area contributed by atoms with Crippen molar-refractivity contribution in [1.29, 1.82) is 0 Å². The van der Waals surface area contributed by atoms with E-state index in [0.29, 0.717) is 17.7 Å². The summed E-state index contributed by atoms with van der Waals surface area (Å²) in [6, 6.07) is 16.8. The summed E-state index contributed by atoms with van der Waals surface area (Å²) in [7, 11) is -4.28. The molecule has 7 nitrogen and oxygen atoms in total. The number of nitrogens with one attached hydrogen (secondary N) is 2. The van der Waals surface area contributed by atoms with Crippen LogP contribution in [0.5, 0.6) is 0 Å². The van der Waals surface area contributed by atoms with Crippen molar-refractivity contribution < 1.29 is 35.6 Å². The molecule has 0 saturated carbocycles. The van der Waals surface area contributed by atoms with Gasteiger partial charge in [-0.1, -0.05) is 36.4 Å². The largest absolute Gasteiger partial charge is 0.427 e. The highest BCUT2D eigenvalue weighted by atomic mass is 32.2. The number of hydrogen-bond donors (Lipinski definition) is 2. The molecular formula is C24H17F4N3O4S2. The Balaban J connectivity index is 1.55. The van der Waals surface area contributed by atoms with Crippen LogP contribution in [-0.2, 0) is 27.6 Å². The van der Waals surface area contributed by atoms with Crippen LogP contribution >= 0.6 is 11.3 Å².